The maximum Gasteiger partial charge on any atom is 0.255 e. The highest BCUT2D eigenvalue weighted by Crippen LogP contribution is 2.31. The Bertz CT molecular complexity index is 1200. The quantitative estimate of drug-likeness (QED) is 0.513. The van der Waals surface area contributed by atoms with Crippen LogP contribution in [-0.2, 0) is 4.79 Å². The Morgan fingerprint density at radius 1 is 1.03 bits per heavy atom. The van der Waals surface area contributed by atoms with E-state index in [9.17, 15) is 9.59 Å². The lowest BCUT2D eigenvalue weighted by molar-refractivity contribution is -0.125. The molecule has 0 aliphatic heterocycles. The highest BCUT2D eigenvalue weighted by Gasteiger charge is 2.28. The van der Waals surface area contributed by atoms with Crippen molar-refractivity contribution >= 4 is 34.7 Å². The van der Waals surface area contributed by atoms with Crippen molar-refractivity contribution < 1.29 is 9.59 Å². The molecule has 0 spiro atoms. The van der Waals surface area contributed by atoms with Gasteiger partial charge in [-0.1, -0.05) is 11.6 Å². The second-order valence-electron chi connectivity index (χ2n) is 8.77. The first-order valence-electron chi connectivity index (χ1n) is 11.3. The molecule has 0 unspecified atom stereocenters. The molecule has 172 valence electrons. The molecule has 3 heterocycles. The van der Waals surface area contributed by atoms with Crippen molar-refractivity contribution in [1.29, 1.82) is 0 Å². The third-order valence-corrected chi connectivity index (χ3v) is 6.56. The first-order valence-corrected chi connectivity index (χ1v) is 11.7. The fourth-order valence-corrected chi connectivity index (χ4v) is 4.49. The summed E-state index contributed by atoms with van der Waals surface area (Å²) in [7, 11) is 1.67. The lowest BCUT2D eigenvalue weighted by Gasteiger charge is -2.28. The van der Waals surface area contributed by atoms with E-state index in [4.69, 9.17) is 11.6 Å². The minimum Gasteiger partial charge on any atom is -0.382 e. The number of anilines is 1. The molecule has 0 bridgehead atoms. The number of carbonyl (C=O) groups excluding carboxylic acids is 2. The van der Waals surface area contributed by atoms with Crippen LogP contribution in [0.2, 0.25) is 5.02 Å². The van der Waals surface area contributed by atoms with Gasteiger partial charge in [-0.2, -0.15) is 5.10 Å². The number of fused-ring (bicyclic) bond motifs is 1. The van der Waals surface area contributed by atoms with Crippen molar-refractivity contribution in [2.24, 2.45) is 5.92 Å². The molecular weight excluding hydrogens is 442 g/mol. The third kappa shape index (κ3) is 4.64. The van der Waals surface area contributed by atoms with E-state index in [2.05, 4.69) is 31.0 Å². The molecule has 0 saturated heterocycles. The summed E-state index contributed by atoms with van der Waals surface area (Å²) in [5.74, 6) is -0.0316. The second kappa shape index (κ2) is 8.97. The largest absolute Gasteiger partial charge is 0.382 e. The molecule has 2 aliphatic carbocycles. The van der Waals surface area contributed by atoms with Gasteiger partial charge in [0.25, 0.3) is 5.91 Å². The van der Waals surface area contributed by atoms with Gasteiger partial charge in [0.05, 0.1) is 39.9 Å². The van der Waals surface area contributed by atoms with Gasteiger partial charge in [-0.25, -0.2) is 9.50 Å². The number of nitrogens with one attached hydrogen (secondary N) is 3. The van der Waals surface area contributed by atoms with Gasteiger partial charge < -0.3 is 16.0 Å². The van der Waals surface area contributed by atoms with Crippen LogP contribution in [0.5, 0.6) is 0 Å². The molecule has 2 fully saturated rings. The number of halogens is 1. The molecule has 9 nitrogen and oxygen atoms in total. The lowest BCUT2D eigenvalue weighted by atomic mass is 9.85. The van der Waals surface area contributed by atoms with Gasteiger partial charge in [0.2, 0.25) is 5.91 Å². The zero-order chi connectivity index (χ0) is 22.9. The zero-order valence-electron chi connectivity index (χ0n) is 18.3. The SMILES string of the molecule is CNC(=O)C1CCC(NC(=O)c2cnc(-c3cnn4cc(Cl)cnc34)cc2NC2CC2)CC1. The van der Waals surface area contributed by atoms with E-state index in [1.165, 1.54) is 0 Å². The lowest BCUT2D eigenvalue weighted by Crippen LogP contribution is -2.40. The van der Waals surface area contributed by atoms with E-state index in [0.717, 1.165) is 49.8 Å². The number of hydrogen-bond acceptors (Lipinski definition) is 6. The van der Waals surface area contributed by atoms with E-state index in [0.29, 0.717) is 28.0 Å². The number of nitrogens with zero attached hydrogens (tertiary/aromatic N) is 4. The maximum atomic E-state index is 13.1. The molecule has 33 heavy (non-hydrogen) atoms. The molecule has 2 aliphatic rings. The predicted molar refractivity (Wildman–Crippen MR) is 125 cm³/mol. The van der Waals surface area contributed by atoms with E-state index in [1.807, 2.05) is 6.07 Å². The summed E-state index contributed by atoms with van der Waals surface area (Å²) in [6.45, 7) is 0. The van der Waals surface area contributed by atoms with Crippen LogP contribution in [0.3, 0.4) is 0 Å². The summed E-state index contributed by atoms with van der Waals surface area (Å²) in [5.41, 5.74) is 3.38. The summed E-state index contributed by atoms with van der Waals surface area (Å²) < 4.78 is 1.61. The fraction of sp³-hybridized carbons (Fsp3) is 0.435. The number of aromatic nitrogens is 4. The molecule has 2 amide bonds. The highest BCUT2D eigenvalue weighted by atomic mass is 35.5. The van der Waals surface area contributed by atoms with Gasteiger partial charge in [-0.05, 0) is 44.6 Å². The monoisotopic (exact) mass is 467 g/mol. The van der Waals surface area contributed by atoms with Crippen LogP contribution in [-0.4, -0.2) is 50.5 Å². The van der Waals surface area contributed by atoms with E-state index in [-0.39, 0.29) is 23.8 Å². The smallest absolute Gasteiger partial charge is 0.255 e. The Balaban J connectivity index is 1.36. The topological polar surface area (TPSA) is 113 Å². The molecule has 5 rings (SSSR count). The molecular formula is C23H26ClN7O2. The van der Waals surface area contributed by atoms with Gasteiger partial charge >= 0.3 is 0 Å². The van der Waals surface area contributed by atoms with Crippen molar-refractivity contribution in [1.82, 2.24) is 30.2 Å². The van der Waals surface area contributed by atoms with Crippen molar-refractivity contribution in [3.05, 3.63) is 41.4 Å². The minimum atomic E-state index is -0.148. The number of rotatable bonds is 6. The number of amides is 2. The van der Waals surface area contributed by atoms with Gasteiger partial charge in [0.1, 0.15) is 0 Å². The van der Waals surface area contributed by atoms with Gasteiger partial charge in [0.15, 0.2) is 5.65 Å². The van der Waals surface area contributed by atoms with Crippen LogP contribution >= 0.6 is 11.6 Å². The zero-order valence-corrected chi connectivity index (χ0v) is 19.1. The normalized spacial score (nSPS) is 20.4. The average molecular weight is 468 g/mol. The van der Waals surface area contributed by atoms with Crippen LogP contribution in [0.25, 0.3) is 16.9 Å². The van der Waals surface area contributed by atoms with Gasteiger partial charge in [0, 0.05) is 37.4 Å². The van der Waals surface area contributed by atoms with E-state index in [1.54, 1.807) is 36.4 Å². The molecule has 3 aromatic heterocycles. The van der Waals surface area contributed by atoms with Gasteiger partial charge in [-0.3, -0.25) is 14.6 Å². The Morgan fingerprint density at radius 3 is 2.52 bits per heavy atom. The van der Waals surface area contributed by atoms with Crippen molar-refractivity contribution in [2.75, 3.05) is 12.4 Å². The molecule has 3 aromatic rings. The fourth-order valence-electron chi connectivity index (χ4n) is 4.35. The van der Waals surface area contributed by atoms with E-state index >= 15 is 0 Å². The summed E-state index contributed by atoms with van der Waals surface area (Å²) in [6.07, 6.45) is 11.9. The van der Waals surface area contributed by atoms with Crippen LogP contribution in [0.15, 0.2) is 30.9 Å². The van der Waals surface area contributed by atoms with Gasteiger partial charge in [-0.15, -0.1) is 0 Å². The molecule has 3 N–H and O–H groups in total. The number of pyridine rings is 1. The predicted octanol–water partition coefficient (Wildman–Crippen LogP) is 3.05. The number of hydrogen-bond donors (Lipinski definition) is 3. The van der Waals surface area contributed by atoms with Crippen molar-refractivity contribution in [3.63, 3.8) is 0 Å². The Morgan fingerprint density at radius 2 is 1.79 bits per heavy atom. The van der Waals surface area contributed by atoms with Crippen LogP contribution in [0.1, 0.15) is 48.9 Å². The van der Waals surface area contributed by atoms with E-state index < -0.39 is 0 Å². The second-order valence-corrected chi connectivity index (χ2v) is 9.21. The highest BCUT2D eigenvalue weighted by molar-refractivity contribution is 6.30. The first kappa shape index (κ1) is 21.6. The van der Waals surface area contributed by atoms with Crippen molar-refractivity contribution in [2.45, 2.75) is 50.6 Å². The molecule has 0 atom stereocenters. The molecule has 0 aromatic carbocycles. The van der Waals surface area contributed by atoms with Crippen LogP contribution < -0.4 is 16.0 Å². The minimum absolute atomic E-state index is 0.0329. The average Bonchev–Trinajstić information content (AvgIpc) is 3.54. The number of carbonyl (C=O) groups is 2. The maximum absolute atomic E-state index is 13.1. The Kier molecular flexibility index (Phi) is 5.88. The summed E-state index contributed by atoms with van der Waals surface area (Å²) >= 11 is 6.02. The van der Waals surface area contributed by atoms with Crippen LogP contribution in [0.4, 0.5) is 5.69 Å². The molecule has 10 heteroatoms. The standard InChI is InChI=1S/C23H26ClN7O2/c1-25-22(32)13-2-4-16(5-3-13)30-23(33)18-10-26-19(8-20(18)29-15-6-7-15)17-11-28-31-12-14(24)9-27-21(17)31/h8-13,15-16H,2-7H2,1H3,(H,25,32)(H,26,29)(H,30,33). The summed E-state index contributed by atoms with van der Waals surface area (Å²) in [6, 6.07) is 2.32. The third-order valence-electron chi connectivity index (χ3n) is 6.37. The Labute approximate surface area is 196 Å². The first-order chi connectivity index (χ1) is 16.0. The molecule has 0 radical (unpaired) electrons. The molecule has 2 saturated carbocycles. The van der Waals surface area contributed by atoms with Crippen molar-refractivity contribution in [3.8, 4) is 11.3 Å². The van der Waals surface area contributed by atoms with Crippen LogP contribution in [0, 0.1) is 5.92 Å². The Hall–Kier alpha value is -3.20. The summed E-state index contributed by atoms with van der Waals surface area (Å²) in [5, 5.41) is 14.1. The summed E-state index contributed by atoms with van der Waals surface area (Å²) in [4.78, 5) is 33.9.